The Morgan fingerprint density at radius 2 is 2.23 bits per heavy atom. The number of benzene rings is 1. The minimum Gasteiger partial charge on any atom is -0.355 e. The topological polar surface area (TPSA) is 59.3 Å². The predicted molar refractivity (Wildman–Crippen MR) is 108 cm³/mol. The van der Waals surface area contributed by atoms with Crippen molar-refractivity contribution in [3.8, 4) is 0 Å². The molecule has 1 aliphatic carbocycles. The first-order valence-electron chi connectivity index (χ1n) is 9.07. The van der Waals surface area contributed by atoms with Crippen LogP contribution in [0.3, 0.4) is 0 Å². The van der Waals surface area contributed by atoms with Gasteiger partial charge < -0.3 is 5.32 Å². The molecule has 1 amide bonds. The van der Waals surface area contributed by atoms with E-state index in [-0.39, 0.29) is 11.2 Å². The summed E-state index contributed by atoms with van der Waals surface area (Å²) in [4.78, 5) is 13.3. The number of thioether (sulfide) groups is 1. The van der Waals surface area contributed by atoms with Crippen molar-refractivity contribution in [3.05, 3.63) is 35.9 Å². The van der Waals surface area contributed by atoms with Gasteiger partial charge in [-0.25, -0.2) is 0 Å². The highest BCUT2D eigenvalue weighted by Crippen LogP contribution is 2.31. The van der Waals surface area contributed by atoms with Gasteiger partial charge in [0.05, 0.1) is 15.5 Å². The summed E-state index contributed by atoms with van der Waals surface area (Å²) in [7, 11) is 0. The molecular weight excluding hydrogens is 364 g/mol. The second-order valence-electron chi connectivity index (χ2n) is 6.58. The van der Waals surface area contributed by atoms with Crippen LogP contribution < -0.4 is 5.32 Å². The largest absolute Gasteiger partial charge is 0.355 e. The zero-order chi connectivity index (χ0) is 17.9. The number of hydrogen-bond donors (Lipinski definition) is 1. The van der Waals surface area contributed by atoms with Crippen LogP contribution in [0.4, 0.5) is 0 Å². The van der Waals surface area contributed by atoms with E-state index in [1.165, 1.54) is 47.7 Å². The average molecular weight is 387 g/mol. The van der Waals surface area contributed by atoms with E-state index in [9.17, 15) is 4.79 Å². The third kappa shape index (κ3) is 3.64. The molecule has 0 radical (unpaired) electrons. The molecule has 2 heterocycles. The maximum Gasteiger partial charge on any atom is 0.233 e. The quantitative estimate of drug-likeness (QED) is 0.503. The molecule has 0 aliphatic heterocycles. The number of carbonyl (C=O) groups excluding carboxylic acids is 1. The molecule has 0 saturated carbocycles. The number of fused-ring (bicyclic) bond motifs is 3. The van der Waals surface area contributed by atoms with Gasteiger partial charge >= 0.3 is 0 Å². The van der Waals surface area contributed by atoms with Gasteiger partial charge in [0.2, 0.25) is 10.9 Å². The van der Waals surface area contributed by atoms with Crippen LogP contribution >= 0.6 is 23.1 Å². The maximum atomic E-state index is 12.4. The molecule has 0 bridgehead atoms. The van der Waals surface area contributed by atoms with Crippen molar-refractivity contribution in [2.24, 2.45) is 0 Å². The van der Waals surface area contributed by atoms with Crippen molar-refractivity contribution in [2.75, 3.05) is 6.54 Å². The van der Waals surface area contributed by atoms with Crippen molar-refractivity contribution in [3.63, 3.8) is 0 Å². The van der Waals surface area contributed by atoms with E-state index >= 15 is 0 Å². The summed E-state index contributed by atoms with van der Waals surface area (Å²) >= 11 is 3.08. The summed E-state index contributed by atoms with van der Waals surface area (Å²) in [6.07, 6.45) is 8.25. The van der Waals surface area contributed by atoms with Crippen molar-refractivity contribution in [1.29, 1.82) is 0 Å². The Bertz CT molecular complexity index is 959. The van der Waals surface area contributed by atoms with E-state index in [1.807, 2.05) is 23.5 Å². The van der Waals surface area contributed by atoms with Crippen molar-refractivity contribution in [1.82, 2.24) is 19.9 Å². The van der Waals surface area contributed by atoms with E-state index in [0.717, 1.165) is 22.1 Å². The van der Waals surface area contributed by atoms with E-state index in [2.05, 4.69) is 33.7 Å². The molecule has 0 saturated heterocycles. The number of carbonyl (C=O) groups is 1. The van der Waals surface area contributed by atoms with Crippen LogP contribution in [0.15, 0.2) is 41.1 Å². The summed E-state index contributed by atoms with van der Waals surface area (Å²) < 4.78 is 3.22. The molecular formula is C19H22N4OS2. The van der Waals surface area contributed by atoms with Gasteiger partial charge in [-0.05, 0) is 51.2 Å². The third-order valence-corrected chi connectivity index (χ3v) is 6.75. The third-order valence-electron chi connectivity index (χ3n) is 4.69. The Balaban J connectivity index is 1.39. The summed E-state index contributed by atoms with van der Waals surface area (Å²) in [6, 6.07) is 8.18. The molecule has 1 aliphatic rings. The number of nitrogens with zero attached hydrogens (tertiary/aromatic N) is 3. The zero-order valence-corrected chi connectivity index (χ0v) is 16.4. The number of allylic oxidation sites excluding steroid dienone is 1. The number of para-hydroxylation sites is 1. The Hall–Kier alpha value is -1.86. The lowest BCUT2D eigenvalue weighted by atomic mass is 9.97. The first-order chi connectivity index (χ1) is 12.7. The van der Waals surface area contributed by atoms with E-state index in [0.29, 0.717) is 6.54 Å². The number of thiazole rings is 1. The molecule has 0 fully saturated rings. The molecule has 0 unspecified atom stereocenters. The van der Waals surface area contributed by atoms with Gasteiger partial charge in [0, 0.05) is 6.54 Å². The Morgan fingerprint density at radius 3 is 3.08 bits per heavy atom. The lowest BCUT2D eigenvalue weighted by Gasteiger charge is -2.14. The van der Waals surface area contributed by atoms with E-state index in [1.54, 1.807) is 11.3 Å². The predicted octanol–water partition coefficient (Wildman–Crippen LogP) is 4.43. The molecule has 5 nitrogen and oxygen atoms in total. The highest BCUT2D eigenvalue weighted by molar-refractivity contribution is 8.00. The number of amides is 1. The average Bonchev–Trinajstić information content (AvgIpc) is 3.22. The van der Waals surface area contributed by atoms with Gasteiger partial charge in [-0.1, -0.05) is 46.9 Å². The van der Waals surface area contributed by atoms with Crippen LogP contribution in [0.2, 0.25) is 0 Å². The standard InChI is InChI=1S/C19H22N4OS2/c1-13(17(24)20-12-11-14-7-3-2-4-8-14)25-18-21-22-19-23(18)15-9-5-6-10-16(15)26-19/h5-7,9-10,13H,2-4,8,11-12H2,1H3,(H,20,24)/t13-/m0/s1. The van der Waals surface area contributed by atoms with Crippen molar-refractivity contribution < 1.29 is 4.79 Å². The van der Waals surface area contributed by atoms with Crippen LogP contribution in [-0.2, 0) is 4.79 Å². The second kappa shape index (κ2) is 7.80. The Kier molecular flexibility index (Phi) is 5.26. The number of hydrogen-bond acceptors (Lipinski definition) is 5. The highest BCUT2D eigenvalue weighted by Gasteiger charge is 2.19. The first kappa shape index (κ1) is 17.5. The van der Waals surface area contributed by atoms with Crippen LogP contribution in [0.1, 0.15) is 39.0 Å². The van der Waals surface area contributed by atoms with Gasteiger partial charge in [-0.15, -0.1) is 10.2 Å². The normalized spacial score (nSPS) is 16.0. The van der Waals surface area contributed by atoms with Gasteiger partial charge in [-0.3, -0.25) is 9.20 Å². The summed E-state index contributed by atoms with van der Waals surface area (Å²) in [6.45, 7) is 2.64. The molecule has 0 spiro atoms. The molecule has 1 atom stereocenters. The zero-order valence-electron chi connectivity index (χ0n) is 14.8. The van der Waals surface area contributed by atoms with Gasteiger partial charge in [0.25, 0.3) is 0 Å². The Labute approximate surface area is 160 Å². The fraction of sp³-hybridized carbons (Fsp3) is 0.421. The van der Waals surface area contributed by atoms with E-state index in [4.69, 9.17) is 0 Å². The number of nitrogens with one attached hydrogen (secondary N) is 1. The minimum atomic E-state index is -0.207. The molecule has 4 rings (SSSR count). The lowest BCUT2D eigenvalue weighted by molar-refractivity contribution is -0.120. The summed E-state index contributed by atoms with van der Waals surface area (Å²) in [5.41, 5.74) is 2.58. The smallest absolute Gasteiger partial charge is 0.233 e. The van der Waals surface area contributed by atoms with E-state index < -0.39 is 0 Å². The van der Waals surface area contributed by atoms with Gasteiger partial charge in [0.1, 0.15) is 0 Å². The first-order valence-corrected chi connectivity index (χ1v) is 10.8. The van der Waals surface area contributed by atoms with Crippen molar-refractivity contribution >= 4 is 44.2 Å². The van der Waals surface area contributed by atoms with Gasteiger partial charge in [0.15, 0.2) is 5.16 Å². The van der Waals surface area contributed by atoms with Crippen LogP contribution in [-0.4, -0.2) is 32.3 Å². The summed E-state index contributed by atoms with van der Waals surface area (Å²) in [5, 5.41) is 12.2. The summed E-state index contributed by atoms with van der Waals surface area (Å²) in [5.74, 6) is 0.0581. The number of rotatable bonds is 6. The van der Waals surface area contributed by atoms with Crippen molar-refractivity contribution in [2.45, 2.75) is 49.4 Å². The monoisotopic (exact) mass is 386 g/mol. The van der Waals surface area contributed by atoms with Crippen LogP contribution in [0, 0.1) is 0 Å². The SMILES string of the molecule is C[C@H](Sc1nnc2sc3ccccc3n12)C(=O)NCCC1=CCCCC1. The Morgan fingerprint density at radius 1 is 1.35 bits per heavy atom. The molecule has 26 heavy (non-hydrogen) atoms. The van der Waals surface area contributed by atoms with Crippen LogP contribution in [0.5, 0.6) is 0 Å². The molecule has 136 valence electrons. The lowest BCUT2D eigenvalue weighted by Crippen LogP contribution is -2.32. The second-order valence-corrected chi connectivity index (χ2v) is 8.90. The number of aromatic nitrogens is 3. The maximum absolute atomic E-state index is 12.4. The molecule has 1 aromatic carbocycles. The fourth-order valence-electron chi connectivity index (χ4n) is 3.27. The molecule has 2 aromatic heterocycles. The molecule has 3 aromatic rings. The minimum absolute atomic E-state index is 0.0581. The fourth-order valence-corrected chi connectivity index (χ4v) is 5.17. The highest BCUT2D eigenvalue weighted by atomic mass is 32.2. The van der Waals surface area contributed by atoms with Gasteiger partial charge in [-0.2, -0.15) is 0 Å². The molecule has 1 N–H and O–H groups in total. The molecule has 7 heteroatoms. The van der Waals surface area contributed by atoms with Crippen LogP contribution in [0.25, 0.3) is 15.2 Å².